The Morgan fingerprint density at radius 1 is 1.44 bits per heavy atom. The molecule has 128 valence electrons. The summed E-state index contributed by atoms with van der Waals surface area (Å²) in [6.07, 6.45) is 4.54. The normalized spacial score (nSPS) is 22.4. The Bertz CT molecular complexity index is 900. The van der Waals surface area contributed by atoms with Gasteiger partial charge in [-0.3, -0.25) is 9.78 Å². The van der Waals surface area contributed by atoms with Crippen LogP contribution in [0, 0.1) is 22.6 Å². The van der Waals surface area contributed by atoms with E-state index >= 15 is 0 Å². The van der Waals surface area contributed by atoms with Crippen molar-refractivity contribution >= 4 is 17.3 Å². The molecule has 25 heavy (non-hydrogen) atoms. The minimum Gasteiger partial charge on any atom is -0.368 e. The summed E-state index contributed by atoms with van der Waals surface area (Å²) in [7, 11) is 1.50. The van der Waals surface area contributed by atoms with Crippen molar-refractivity contribution in [2.24, 2.45) is 5.41 Å². The van der Waals surface area contributed by atoms with Crippen molar-refractivity contribution in [3.8, 4) is 16.5 Å². The van der Waals surface area contributed by atoms with Crippen molar-refractivity contribution in [3.05, 3.63) is 47.7 Å². The Labute approximate surface area is 148 Å². The zero-order valence-corrected chi connectivity index (χ0v) is 14.9. The van der Waals surface area contributed by atoms with Gasteiger partial charge in [0.1, 0.15) is 17.5 Å². The number of carbonyl (C=O) groups excluding carboxylic acids is 1. The Morgan fingerprint density at radius 2 is 2.20 bits per heavy atom. The van der Waals surface area contributed by atoms with Gasteiger partial charge in [0.2, 0.25) is 0 Å². The first-order chi connectivity index (χ1) is 11.8. The first-order valence-corrected chi connectivity index (χ1v) is 8.40. The lowest BCUT2D eigenvalue weighted by Gasteiger charge is -2.40. The molecule has 2 heterocycles. The largest absolute Gasteiger partial charge is 0.368 e. The predicted octanol–water partition coefficient (Wildman–Crippen LogP) is 3.63. The highest BCUT2D eigenvalue weighted by Crippen LogP contribution is 2.47. The molecular formula is C18H16FN3O2S. The monoisotopic (exact) mass is 357 g/mol. The zero-order valence-electron chi connectivity index (χ0n) is 14.0. The second-order valence-corrected chi connectivity index (χ2v) is 7.41. The number of nitriles is 1. The van der Waals surface area contributed by atoms with Crippen molar-refractivity contribution in [3.63, 3.8) is 0 Å². The van der Waals surface area contributed by atoms with Crippen molar-refractivity contribution < 1.29 is 13.9 Å². The SMILES string of the molecule is COC1(c2ncc(F)cc2-c2ccns2)C=C(C#N)C(=O)C(C)(C)C1. The van der Waals surface area contributed by atoms with Gasteiger partial charge in [-0.15, -0.1) is 0 Å². The van der Waals surface area contributed by atoms with Gasteiger partial charge in [0.25, 0.3) is 0 Å². The third kappa shape index (κ3) is 2.88. The fourth-order valence-corrected chi connectivity index (χ4v) is 3.84. The summed E-state index contributed by atoms with van der Waals surface area (Å²) in [4.78, 5) is 17.5. The van der Waals surface area contributed by atoms with Crippen LogP contribution in [0.1, 0.15) is 26.0 Å². The van der Waals surface area contributed by atoms with E-state index < -0.39 is 16.8 Å². The molecule has 0 N–H and O–H groups in total. The Hall–Kier alpha value is -2.43. The van der Waals surface area contributed by atoms with E-state index in [9.17, 15) is 14.4 Å². The van der Waals surface area contributed by atoms with Crippen LogP contribution in [0.25, 0.3) is 10.4 Å². The van der Waals surface area contributed by atoms with Gasteiger partial charge in [-0.25, -0.2) is 8.76 Å². The number of rotatable bonds is 3. The molecular weight excluding hydrogens is 341 g/mol. The maximum Gasteiger partial charge on any atom is 0.178 e. The highest BCUT2D eigenvalue weighted by atomic mass is 32.1. The topological polar surface area (TPSA) is 75.9 Å². The quantitative estimate of drug-likeness (QED) is 0.838. The maximum atomic E-state index is 13.9. The molecule has 5 nitrogen and oxygen atoms in total. The number of aromatic nitrogens is 2. The van der Waals surface area contributed by atoms with Crippen molar-refractivity contribution in [1.82, 2.24) is 9.36 Å². The smallest absolute Gasteiger partial charge is 0.178 e. The second kappa shape index (κ2) is 6.14. The fraction of sp³-hybridized carbons (Fsp3) is 0.333. The summed E-state index contributed by atoms with van der Waals surface area (Å²) < 4.78 is 23.7. The summed E-state index contributed by atoms with van der Waals surface area (Å²) in [5, 5.41) is 9.38. The molecule has 3 rings (SSSR count). The summed E-state index contributed by atoms with van der Waals surface area (Å²) in [5.41, 5.74) is -0.872. The molecule has 1 aliphatic carbocycles. The van der Waals surface area contributed by atoms with Crippen LogP contribution < -0.4 is 0 Å². The summed E-state index contributed by atoms with van der Waals surface area (Å²) in [5.74, 6) is -0.710. The number of Topliss-reactive ketones (excluding diaryl/α,β-unsaturated/α-hetero) is 1. The summed E-state index contributed by atoms with van der Waals surface area (Å²) in [6, 6.07) is 5.09. The third-order valence-corrected chi connectivity index (χ3v) is 5.16. The van der Waals surface area contributed by atoms with E-state index in [-0.39, 0.29) is 11.4 Å². The van der Waals surface area contributed by atoms with Gasteiger partial charge in [-0.05, 0) is 36.2 Å². The Balaban J connectivity index is 2.28. The van der Waals surface area contributed by atoms with Crippen LogP contribution in [0.15, 0.2) is 36.2 Å². The van der Waals surface area contributed by atoms with E-state index in [1.165, 1.54) is 30.8 Å². The number of methoxy groups -OCH3 is 1. The average Bonchev–Trinajstić information content (AvgIpc) is 3.11. The number of pyridine rings is 1. The van der Waals surface area contributed by atoms with Gasteiger partial charge in [0.15, 0.2) is 5.78 Å². The Morgan fingerprint density at radius 3 is 2.80 bits per heavy atom. The number of hydrogen-bond donors (Lipinski definition) is 0. The van der Waals surface area contributed by atoms with Gasteiger partial charge in [0, 0.05) is 24.3 Å². The minimum atomic E-state index is -1.10. The van der Waals surface area contributed by atoms with Crippen LogP contribution in [-0.2, 0) is 15.1 Å². The summed E-state index contributed by atoms with van der Waals surface area (Å²) >= 11 is 1.21. The van der Waals surface area contributed by atoms with Gasteiger partial charge < -0.3 is 4.74 Å². The van der Waals surface area contributed by atoms with Crippen molar-refractivity contribution in [1.29, 1.82) is 5.26 Å². The predicted molar refractivity (Wildman–Crippen MR) is 91.1 cm³/mol. The number of allylic oxidation sites excluding steroid dienone is 1. The standard InChI is InChI=1S/C18H16FN3O2S/c1-17(2)10-18(24-3,7-11(8-20)16(17)23)15-13(6-12(19)9-21-15)14-4-5-22-25-14/h4-7,9H,10H2,1-3H3. The molecule has 1 atom stereocenters. The molecule has 0 bridgehead atoms. The maximum absolute atomic E-state index is 13.9. The van der Waals surface area contributed by atoms with Gasteiger partial charge in [-0.2, -0.15) is 5.26 Å². The minimum absolute atomic E-state index is 0.0273. The number of nitrogens with zero attached hydrogens (tertiary/aromatic N) is 3. The zero-order chi connectivity index (χ0) is 18.2. The fourth-order valence-electron chi connectivity index (χ4n) is 3.23. The van der Waals surface area contributed by atoms with E-state index in [2.05, 4.69) is 9.36 Å². The molecule has 0 amide bonds. The molecule has 2 aromatic heterocycles. The number of ether oxygens (including phenoxy) is 1. The van der Waals surface area contributed by atoms with E-state index in [1.54, 1.807) is 26.1 Å². The lowest BCUT2D eigenvalue weighted by atomic mass is 9.68. The van der Waals surface area contributed by atoms with Gasteiger partial charge in [0.05, 0.1) is 22.3 Å². The molecule has 7 heteroatoms. The van der Waals surface area contributed by atoms with Crippen LogP contribution in [0.3, 0.4) is 0 Å². The molecule has 1 unspecified atom stereocenters. The molecule has 0 fully saturated rings. The highest BCUT2D eigenvalue weighted by Gasteiger charge is 2.48. The molecule has 1 aliphatic rings. The van der Waals surface area contributed by atoms with Crippen LogP contribution >= 0.6 is 11.5 Å². The molecule has 0 saturated carbocycles. The van der Waals surface area contributed by atoms with Crippen LogP contribution in [0.5, 0.6) is 0 Å². The van der Waals surface area contributed by atoms with Gasteiger partial charge >= 0.3 is 0 Å². The van der Waals surface area contributed by atoms with E-state index in [0.717, 1.165) is 11.1 Å². The first-order valence-electron chi connectivity index (χ1n) is 7.63. The van der Waals surface area contributed by atoms with Gasteiger partial charge in [-0.1, -0.05) is 13.8 Å². The number of carbonyl (C=O) groups is 1. The lowest BCUT2D eigenvalue weighted by molar-refractivity contribution is -0.128. The summed E-state index contributed by atoms with van der Waals surface area (Å²) in [6.45, 7) is 3.53. The molecule has 0 saturated heterocycles. The average molecular weight is 357 g/mol. The molecule has 0 radical (unpaired) electrons. The molecule has 2 aromatic rings. The second-order valence-electron chi connectivity index (χ2n) is 6.58. The van der Waals surface area contributed by atoms with Crippen molar-refractivity contribution in [2.45, 2.75) is 25.9 Å². The van der Waals surface area contributed by atoms with E-state index in [4.69, 9.17) is 4.74 Å². The molecule has 0 aliphatic heterocycles. The number of hydrogen-bond acceptors (Lipinski definition) is 6. The van der Waals surface area contributed by atoms with Crippen LogP contribution in [0.4, 0.5) is 4.39 Å². The Kier molecular flexibility index (Phi) is 4.27. The van der Waals surface area contributed by atoms with E-state index in [1.807, 2.05) is 6.07 Å². The highest BCUT2D eigenvalue weighted by molar-refractivity contribution is 7.09. The first kappa shape index (κ1) is 17.4. The van der Waals surface area contributed by atoms with Crippen molar-refractivity contribution in [2.75, 3.05) is 7.11 Å². The van der Waals surface area contributed by atoms with E-state index in [0.29, 0.717) is 17.7 Å². The molecule has 0 aromatic carbocycles. The number of ketones is 1. The van der Waals surface area contributed by atoms with Crippen LogP contribution in [0.2, 0.25) is 0 Å². The number of halogens is 1. The molecule has 0 spiro atoms. The lowest BCUT2D eigenvalue weighted by Crippen LogP contribution is -2.42. The third-order valence-electron chi connectivity index (χ3n) is 4.38. The van der Waals surface area contributed by atoms with Crippen LogP contribution in [-0.4, -0.2) is 22.3 Å².